The van der Waals surface area contributed by atoms with Gasteiger partial charge in [0.25, 0.3) is 5.69 Å². The molecule has 1 heterocycles. The quantitative estimate of drug-likeness (QED) is 0.407. The Balaban J connectivity index is 1.76. The first kappa shape index (κ1) is 20.8. The smallest absolute Gasteiger partial charge is 0.269 e. The maximum atomic E-state index is 10.8. The number of non-ortho nitro benzene ring substituents is 1. The summed E-state index contributed by atoms with van der Waals surface area (Å²) < 4.78 is 5.24. The Morgan fingerprint density at radius 3 is 2.24 bits per heavy atom. The van der Waals surface area contributed by atoms with Crippen LogP contribution in [0.25, 0.3) is 0 Å². The molecule has 0 atom stereocenters. The summed E-state index contributed by atoms with van der Waals surface area (Å²) in [6.07, 6.45) is 0.813. The second-order valence-electron chi connectivity index (χ2n) is 7.84. The number of aromatic nitrogens is 1. The fraction of sp³-hybridized carbons (Fsp3) is 0.318. The number of benzene rings is 2. The lowest BCUT2D eigenvalue weighted by Gasteiger charge is -2.17. The Morgan fingerprint density at radius 2 is 1.69 bits per heavy atom. The zero-order valence-electron chi connectivity index (χ0n) is 17.1. The second kappa shape index (κ2) is 8.61. The van der Waals surface area contributed by atoms with Gasteiger partial charge in [-0.1, -0.05) is 45.0 Å². The number of nitro benzene ring substituents is 1. The summed E-state index contributed by atoms with van der Waals surface area (Å²) in [5, 5.41) is 15.0. The number of ether oxygens (including phenoxy) is 1. The maximum absolute atomic E-state index is 10.8. The van der Waals surface area contributed by atoms with Crippen molar-refractivity contribution in [2.75, 3.05) is 12.4 Å². The molecule has 0 saturated carbocycles. The number of thiazole rings is 1. The molecule has 7 heteroatoms. The van der Waals surface area contributed by atoms with Gasteiger partial charge in [0.15, 0.2) is 5.13 Å². The van der Waals surface area contributed by atoms with Crippen molar-refractivity contribution in [2.45, 2.75) is 39.2 Å². The Labute approximate surface area is 174 Å². The van der Waals surface area contributed by atoms with Crippen molar-refractivity contribution >= 4 is 22.2 Å². The molecule has 0 aliphatic rings. The third-order valence-corrected chi connectivity index (χ3v) is 5.54. The van der Waals surface area contributed by atoms with Crippen LogP contribution >= 0.6 is 11.3 Å². The Morgan fingerprint density at radius 1 is 1.07 bits per heavy atom. The fourth-order valence-electron chi connectivity index (χ4n) is 2.98. The molecular formula is C22H25N3O3S. The van der Waals surface area contributed by atoms with Crippen LogP contribution in [-0.4, -0.2) is 17.0 Å². The van der Waals surface area contributed by atoms with E-state index in [2.05, 4.69) is 38.2 Å². The van der Waals surface area contributed by atoms with Gasteiger partial charge in [-0.25, -0.2) is 4.98 Å². The molecule has 3 rings (SSSR count). The number of methoxy groups -OCH3 is 1. The Hall–Kier alpha value is -2.93. The van der Waals surface area contributed by atoms with Crippen LogP contribution in [0.2, 0.25) is 0 Å². The molecule has 0 fully saturated rings. The molecular weight excluding hydrogens is 386 g/mol. The minimum atomic E-state index is -0.390. The van der Waals surface area contributed by atoms with Crippen molar-refractivity contribution in [1.82, 2.24) is 4.98 Å². The van der Waals surface area contributed by atoms with E-state index in [-0.39, 0.29) is 16.0 Å². The standard InChI is InChI=1S/C22H25N3O3S/c1-22(2,3)20-19(13-15-7-11-18(28-4)12-8-15)29-21(24-20)23-14-16-5-9-17(10-6-16)25(26)27/h5-12H,13-14H2,1-4H3,(H,23,24). The lowest BCUT2D eigenvalue weighted by molar-refractivity contribution is -0.384. The second-order valence-corrected chi connectivity index (χ2v) is 8.93. The number of rotatable bonds is 7. The molecule has 0 amide bonds. The van der Waals surface area contributed by atoms with Crippen LogP contribution in [0, 0.1) is 10.1 Å². The first-order valence-electron chi connectivity index (χ1n) is 9.36. The molecule has 6 nitrogen and oxygen atoms in total. The zero-order valence-corrected chi connectivity index (χ0v) is 17.9. The van der Waals surface area contributed by atoms with Crippen LogP contribution in [0.4, 0.5) is 10.8 Å². The number of hydrogen-bond acceptors (Lipinski definition) is 6. The molecule has 2 aromatic carbocycles. The molecule has 0 spiro atoms. The lowest BCUT2D eigenvalue weighted by Crippen LogP contribution is -2.14. The molecule has 0 unspecified atom stereocenters. The van der Waals surface area contributed by atoms with Crippen LogP contribution < -0.4 is 10.1 Å². The van der Waals surface area contributed by atoms with E-state index in [1.54, 1.807) is 30.6 Å². The topological polar surface area (TPSA) is 77.3 Å². The van der Waals surface area contributed by atoms with E-state index in [1.807, 2.05) is 12.1 Å². The number of nitrogens with zero attached hydrogens (tertiary/aromatic N) is 2. The highest BCUT2D eigenvalue weighted by molar-refractivity contribution is 7.15. The Bertz CT molecular complexity index is 974. The van der Waals surface area contributed by atoms with Crippen LogP contribution in [0.1, 0.15) is 42.5 Å². The van der Waals surface area contributed by atoms with Gasteiger partial charge >= 0.3 is 0 Å². The van der Waals surface area contributed by atoms with E-state index in [1.165, 1.54) is 22.6 Å². The maximum Gasteiger partial charge on any atom is 0.269 e. The fourth-order valence-corrected chi connectivity index (χ4v) is 4.18. The molecule has 0 aliphatic heterocycles. The monoisotopic (exact) mass is 411 g/mol. The molecule has 1 aromatic heterocycles. The van der Waals surface area contributed by atoms with Gasteiger partial charge in [0.2, 0.25) is 0 Å². The van der Waals surface area contributed by atoms with Gasteiger partial charge < -0.3 is 10.1 Å². The highest BCUT2D eigenvalue weighted by Gasteiger charge is 2.23. The highest BCUT2D eigenvalue weighted by atomic mass is 32.1. The van der Waals surface area contributed by atoms with Crippen LogP contribution in [0.3, 0.4) is 0 Å². The average Bonchev–Trinajstić information content (AvgIpc) is 3.10. The molecule has 0 aliphatic carbocycles. The SMILES string of the molecule is COc1ccc(Cc2sc(NCc3ccc([N+](=O)[O-])cc3)nc2C(C)(C)C)cc1. The summed E-state index contributed by atoms with van der Waals surface area (Å²) >= 11 is 1.66. The summed E-state index contributed by atoms with van der Waals surface area (Å²) in [6.45, 7) is 7.07. The van der Waals surface area contributed by atoms with E-state index < -0.39 is 0 Å². The summed E-state index contributed by atoms with van der Waals surface area (Å²) in [4.78, 5) is 16.5. The van der Waals surface area contributed by atoms with E-state index in [9.17, 15) is 10.1 Å². The van der Waals surface area contributed by atoms with Gasteiger partial charge in [0, 0.05) is 35.4 Å². The third-order valence-electron chi connectivity index (χ3n) is 4.52. The van der Waals surface area contributed by atoms with Gasteiger partial charge in [-0.05, 0) is 23.3 Å². The molecule has 29 heavy (non-hydrogen) atoms. The van der Waals surface area contributed by atoms with Crippen molar-refractivity contribution in [3.63, 3.8) is 0 Å². The number of anilines is 1. The molecule has 0 bridgehead atoms. The van der Waals surface area contributed by atoms with E-state index in [0.29, 0.717) is 6.54 Å². The molecule has 1 N–H and O–H groups in total. The number of nitrogens with one attached hydrogen (secondary N) is 1. The largest absolute Gasteiger partial charge is 0.497 e. The van der Waals surface area contributed by atoms with Crippen LogP contribution in [-0.2, 0) is 18.4 Å². The van der Waals surface area contributed by atoms with Crippen molar-refractivity contribution in [2.24, 2.45) is 0 Å². The van der Waals surface area contributed by atoms with Crippen molar-refractivity contribution < 1.29 is 9.66 Å². The van der Waals surface area contributed by atoms with Gasteiger partial charge in [0.1, 0.15) is 5.75 Å². The molecule has 152 valence electrons. The normalized spacial score (nSPS) is 11.3. The van der Waals surface area contributed by atoms with Crippen molar-refractivity contribution in [3.05, 3.63) is 80.3 Å². The van der Waals surface area contributed by atoms with E-state index >= 15 is 0 Å². The van der Waals surface area contributed by atoms with Gasteiger partial charge in [-0.3, -0.25) is 10.1 Å². The van der Waals surface area contributed by atoms with Crippen molar-refractivity contribution in [1.29, 1.82) is 0 Å². The highest BCUT2D eigenvalue weighted by Crippen LogP contribution is 2.34. The predicted octanol–water partition coefficient (Wildman–Crippen LogP) is 5.56. The van der Waals surface area contributed by atoms with Crippen LogP contribution in [0.5, 0.6) is 5.75 Å². The lowest BCUT2D eigenvalue weighted by atomic mass is 9.90. The molecule has 3 aromatic rings. The first-order chi connectivity index (χ1) is 13.8. The minimum Gasteiger partial charge on any atom is -0.497 e. The van der Waals surface area contributed by atoms with E-state index in [4.69, 9.17) is 9.72 Å². The number of nitro groups is 1. The predicted molar refractivity (Wildman–Crippen MR) is 117 cm³/mol. The van der Waals surface area contributed by atoms with Crippen LogP contribution in [0.15, 0.2) is 48.5 Å². The Kier molecular flexibility index (Phi) is 6.17. The minimum absolute atomic E-state index is 0.0639. The molecule has 0 saturated heterocycles. The zero-order chi connectivity index (χ0) is 21.0. The summed E-state index contributed by atoms with van der Waals surface area (Å²) in [5.41, 5.74) is 3.30. The van der Waals surface area contributed by atoms with E-state index in [0.717, 1.165) is 28.6 Å². The van der Waals surface area contributed by atoms with Crippen molar-refractivity contribution in [3.8, 4) is 5.75 Å². The first-order valence-corrected chi connectivity index (χ1v) is 10.2. The summed E-state index contributed by atoms with van der Waals surface area (Å²) in [7, 11) is 1.67. The molecule has 0 radical (unpaired) electrons. The summed E-state index contributed by atoms with van der Waals surface area (Å²) in [6, 6.07) is 14.7. The van der Waals surface area contributed by atoms with Gasteiger partial charge in [-0.2, -0.15) is 0 Å². The number of hydrogen-bond donors (Lipinski definition) is 1. The third kappa shape index (κ3) is 5.32. The van der Waals surface area contributed by atoms with Gasteiger partial charge in [0.05, 0.1) is 17.7 Å². The average molecular weight is 412 g/mol. The van der Waals surface area contributed by atoms with Gasteiger partial charge in [-0.15, -0.1) is 11.3 Å². The summed E-state index contributed by atoms with van der Waals surface area (Å²) in [5.74, 6) is 0.847.